The summed E-state index contributed by atoms with van der Waals surface area (Å²) in [4.78, 5) is 24.9. The highest BCUT2D eigenvalue weighted by molar-refractivity contribution is 5.96. The van der Waals surface area contributed by atoms with Crippen LogP contribution in [0.1, 0.15) is 21.5 Å². The van der Waals surface area contributed by atoms with Crippen molar-refractivity contribution in [3.05, 3.63) is 69.3 Å². The molecule has 1 aliphatic heterocycles. The lowest BCUT2D eigenvalue weighted by molar-refractivity contribution is -0.384. The molecule has 3 rings (SSSR count). The summed E-state index contributed by atoms with van der Waals surface area (Å²) in [5.74, 6) is -0.340. The molecular weight excluding hydrogens is 348 g/mol. The van der Waals surface area contributed by atoms with Gasteiger partial charge in [0.15, 0.2) is 0 Å². The number of anilines is 1. The van der Waals surface area contributed by atoms with E-state index in [1.807, 2.05) is 13.0 Å². The first-order chi connectivity index (χ1) is 13.0. The first-order valence-corrected chi connectivity index (χ1v) is 8.56. The fourth-order valence-electron chi connectivity index (χ4n) is 2.86. The largest absolute Gasteiger partial charge is 0.378 e. The molecule has 1 N–H and O–H groups in total. The summed E-state index contributed by atoms with van der Waals surface area (Å²) < 4.78 is 5.35. The SMILES string of the molecule is Cc1cccc(C(=O)N/N=C\c2cc([N+](=O)[O-])ccc2N2CCOCC2)c1. The number of aryl methyl sites for hydroxylation is 1. The molecule has 1 heterocycles. The summed E-state index contributed by atoms with van der Waals surface area (Å²) in [7, 11) is 0. The quantitative estimate of drug-likeness (QED) is 0.497. The minimum absolute atomic E-state index is 0.0292. The zero-order valence-corrected chi connectivity index (χ0v) is 14.9. The number of benzene rings is 2. The van der Waals surface area contributed by atoms with Crippen LogP contribution >= 0.6 is 0 Å². The highest BCUT2D eigenvalue weighted by Crippen LogP contribution is 2.25. The average Bonchev–Trinajstić information content (AvgIpc) is 2.68. The third-order valence-corrected chi connectivity index (χ3v) is 4.22. The minimum Gasteiger partial charge on any atom is -0.378 e. The normalized spacial score (nSPS) is 14.3. The van der Waals surface area contributed by atoms with Crippen LogP contribution in [-0.4, -0.2) is 43.3 Å². The Balaban J connectivity index is 1.80. The lowest BCUT2D eigenvalue weighted by Crippen LogP contribution is -2.36. The van der Waals surface area contributed by atoms with Crippen LogP contribution < -0.4 is 10.3 Å². The van der Waals surface area contributed by atoms with E-state index < -0.39 is 4.92 Å². The molecule has 0 radical (unpaired) electrons. The van der Waals surface area contributed by atoms with E-state index >= 15 is 0 Å². The summed E-state index contributed by atoms with van der Waals surface area (Å²) in [6.45, 7) is 4.47. The van der Waals surface area contributed by atoms with Crippen LogP contribution in [0.25, 0.3) is 0 Å². The second-order valence-electron chi connectivity index (χ2n) is 6.17. The number of carbonyl (C=O) groups is 1. The molecule has 0 atom stereocenters. The lowest BCUT2D eigenvalue weighted by Gasteiger charge is -2.29. The van der Waals surface area contributed by atoms with E-state index in [-0.39, 0.29) is 11.6 Å². The Labute approximate surface area is 156 Å². The first kappa shape index (κ1) is 18.5. The molecule has 0 spiro atoms. The maximum Gasteiger partial charge on any atom is 0.271 e. The van der Waals surface area contributed by atoms with Crippen molar-refractivity contribution in [1.82, 2.24) is 5.43 Å². The number of hydrazone groups is 1. The molecule has 2 aromatic rings. The molecule has 0 bridgehead atoms. The molecule has 1 fully saturated rings. The molecule has 0 aliphatic carbocycles. The van der Waals surface area contributed by atoms with Crippen molar-refractivity contribution in [1.29, 1.82) is 0 Å². The number of hydrogen-bond donors (Lipinski definition) is 1. The van der Waals surface area contributed by atoms with E-state index in [4.69, 9.17) is 4.74 Å². The van der Waals surface area contributed by atoms with Crippen molar-refractivity contribution in [2.75, 3.05) is 31.2 Å². The Hall–Kier alpha value is -3.26. The van der Waals surface area contributed by atoms with Crippen molar-refractivity contribution in [2.45, 2.75) is 6.92 Å². The molecule has 27 heavy (non-hydrogen) atoms. The minimum atomic E-state index is -0.453. The summed E-state index contributed by atoms with van der Waals surface area (Å²) in [5, 5.41) is 15.1. The fraction of sp³-hybridized carbons (Fsp3) is 0.263. The third-order valence-electron chi connectivity index (χ3n) is 4.22. The van der Waals surface area contributed by atoms with Crippen molar-refractivity contribution in [2.24, 2.45) is 5.10 Å². The number of nitro groups is 1. The van der Waals surface area contributed by atoms with Gasteiger partial charge in [0.25, 0.3) is 11.6 Å². The molecule has 2 aromatic carbocycles. The molecule has 140 valence electrons. The van der Waals surface area contributed by atoms with Crippen LogP contribution in [0.3, 0.4) is 0 Å². The monoisotopic (exact) mass is 368 g/mol. The van der Waals surface area contributed by atoms with Gasteiger partial charge in [-0.3, -0.25) is 14.9 Å². The molecule has 1 amide bonds. The molecule has 8 heteroatoms. The van der Waals surface area contributed by atoms with Gasteiger partial charge in [-0.2, -0.15) is 5.10 Å². The van der Waals surface area contributed by atoms with Crippen molar-refractivity contribution < 1.29 is 14.5 Å². The van der Waals surface area contributed by atoms with Gasteiger partial charge >= 0.3 is 0 Å². The number of amides is 1. The van der Waals surface area contributed by atoms with Gasteiger partial charge < -0.3 is 9.64 Å². The predicted octanol–water partition coefficient (Wildman–Crippen LogP) is 2.50. The zero-order chi connectivity index (χ0) is 19.2. The number of nitrogens with zero attached hydrogens (tertiary/aromatic N) is 3. The Morgan fingerprint density at radius 1 is 1.26 bits per heavy atom. The summed E-state index contributed by atoms with van der Waals surface area (Å²) in [5.41, 5.74) is 5.30. The van der Waals surface area contributed by atoms with Crippen molar-refractivity contribution in [3.8, 4) is 0 Å². The Bertz CT molecular complexity index is 876. The number of rotatable bonds is 5. The van der Waals surface area contributed by atoms with E-state index in [9.17, 15) is 14.9 Å². The first-order valence-electron chi connectivity index (χ1n) is 8.56. The van der Waals surface area contributed by atoms with Gasteiger partial charge in [-0.25, -0.2) is 5.43 Å². The maximum absolute atomic E-state index is 12.2. The highest BCUT2D eigenvalue weighted by atomic mass is 16.6. The molecule has 0 aromatic heterocycles. The predicted molar refractivity (Wildman–Crippen MR) is 102 cm³/mol. The maximum atomic E-state index is 12.2. The molecular formula is C19H20N4O4. The molecule has 8 nitrogen and oxygen atoms in total. The van der Waals surface area contributed by atoms with Gasteiger partial charge in [0.2, 0.25) is 0 Å². The number of ether oxygens (including phenoxy) is 1. The van der Waals surface area contributed by atoms with Crippen LogP contribution in [-0.2, 0) is 4.74 Å². The van der Waals surface area contributed by atoms with Gasteiger partial charge in [-0.15, -0.1) is 0 Å². The summed E-state index contributed by atoms with van der Waals surface area (Å²) in [6, 6.07) is 11.8. The number of hydrogen-bond acceptors (Lipinski definition) is 6. The summed E-state index contributed by atoms with van der Waals surface area (Å²) in [6.07, 6.45) is 1.44. The molecule has 1 aliphatic rings. The van der Waals surface area contributed by atoms with Crippen LogP contribution in [0.5, 0.6) is 0 Å². The molecule has 1 saturated heterocycles. The van der Waals surface area contributed by atoms with E-state index in [1.165, 1.54) is 18.3 Å². The van der Waals surface area contributed by atoms with E-state index in [2.05, 4.69) is 15.4 Å². The Kier molecular flexibility index (Phi) is 5.77. The van der Waals surface area contributed by atoms with E-state index in [1.54, 1.807) is 24.3 Å². The van der Waals surface area contributed by atoms with Gasteiger partial charge in [0.1, 0.15) is 0 Å². The lowest BCUT2D eigenvalue weighted by atomic mass is 10.1. The van der Waals surface area contributed by atoms with Crippen LogP contribution in [0.2, 0.25) is 0 Å². The van der Waals surface area contributed by atoms with Gasteiger partial charge in [0, 0.05) is 42.0 Å². The number of morpholine rings is 1. The second-order valence-corrected chi connectivity index (χ2v) is 6.17. The number of non-ortho nitro benzene ring substituents is 1. The zero-order valence-electron chi connectivity index (χ0n) is 14.9. The standard InChI is InChI=1S/C19H20N4O4/c1-14-3-2-4-15(11-14)19(24)21-20-13-16-12-17(23(25)26)5-6-18(16)22-7-9-27-10-8-22/h2-6,11-13H,7-10H2,1H3,(H,21,24)/b20-13-. The summed E-state index contributed by atoms with van der Waals surface area (Å²) >= 11 is 0. The van der Waals surface area contributed by atoms with Crippen LogP contribution in [0, 0.1) is 17.0 Å². The number of carbonyl (C=O) groups excluding carboxylic acids is 1. The number of nitrogens with one attached hydrogen (secondary N) is 1. The fourth-order valence-corrected chi connectivity index (χ4v) is 2.86. The van der Waals surface area contributed by atoms with E-state index in [0.29, 0.717) is 37.4 Å². The van der Waals surface area contributed by atoms with Crippen LogP contribution in [0.15, 0.2) is 47.6 Å². The van der Waals surface area contributed by atoms with Crippen molar-refractivity contribution >= 4 is 23.5 Å². The topological polar surface area (TPSA) is 97.1 Å². The third kappa shape index (κ3) is 4.68. The molecule has 0 unspecified atom stereocenters. The van der Waals surface area contributed by atoms with E-state index in [0.717, 1.165) is 11.3 Å². The van der Waals surface area contributed by atoms with Crippen LogP contribution in [0.4, 0.5) is 11.4 Å². The second kappa shape index (κ2) is 8.41. The van der Waals surface area contributed by atoms with Gasteiger partial charge in [-0.05, 0) is 25.1 Å². The Morgan fingerprint density at radius 2 is 2.04 bits per heavy atom. The molecule has 0 saturated carbocycles. The van der Waals surface area contributed by atoms with Gasteiger partial charge in [-0.1, -0.05) is 17.7 Å². The Morgan fingerprint density at radius 3 is 2.74 bits per heavy atom. The highest BCUT2D eigenvalue weighted by Gasteiger charge is 2.17. The van der Waals surface area contributed by atoms with Gasteiger partial charge in [0.05, 0.1) is 24.4 Å². The number of nitro benzene ring substituents is 1. The van der Waals surface area contributed by atoms with Crippen molar-refractivity contribution in [3.63, 3.8) is 0 Å². The smallest absolute Gasteiger partial charge is 0.271 e. The average molecular weight is 368 g/mol.